The van der Waals surface area contributed by atoms with E-state index in [0.717, 1.165) is 33.3 Å². The van der Waals surface area contributed by atoms with Gasteiger partial charge in [-0.1, -0.05) is 30.0 Å². The molecule has 1 aromatic heterocycles. The third-order valence-electron chi connectivity index (χ3n) is 3.62. The van der Waals surface area contributed by atoms with Crippen LogP contribution in [0.2, 0.25) is 0 Å². The third kappa shape index (κ3) is 3.76. The zero-order valence-corrected chi connectivity index (χ0v) is 15.3. The molecule has 0 spiro atoms. The Hall–Kier alpha value is -1.92. The summed E-state index contributed by atoms with van der Waals surface area (Å²) in [4.78, 5) is 18.0. The predicted molar refractivity (Wildman–Crippen MR) is 103 cm³/mol. The maximum atomic E-state index is 12.2. The summed E-state index contributed by atoms with van der Waals surface area (Å²) < 4.78 is 2.14. The molecule has 0 unspecified atom stereocenters. The lowest BCUT2D eigenvalue weighted by Gasteiger charge is -2.07. The summed E-state index contributed by atoms with van der Waals surface area (Å²) in [6, 6.07) is 15.9. The average molecular weight is 358 g/mol. The molecule has 0 aliphatic carbocycles. The Bertz CT molecular complexity index is 860. The molecule has 1 amide bonds. The number of nitrogens with zero attached hydrogens (tertiary/aromatic N) is 2. The summed E-state index contributed by atoms with van der Waals surface area (Å²) in [6.45, 7) is 2.92. The largest absolute Gasteiger partial charge is 0.325 e. The van der Waals surface area contributed by atoms with Gasteiger partial charge in [-0.15, -0.1) is 11.8 Å². The second-order valence-corrected chi connectivity index (χ2v) is 7.02. The second kappa shape index (κ2) is 7.77. The number of carbonyl (C=O) groups is 1. The van der Waals surface area contributed by atoms with Gasteiger partial charge in [0.05, 0.1) is 16.8 Å². The molecule has 24 heavy (non-hydrogen) atoms. The number of nitrogens with one attached hydrogen (secondary N) is 1. The van der Waals surface area contributed by atoms with E-state index in [1.54, 1.807) is 11.8 Å². The van der Waals surface area contributed by atoms with Gasteiger partial charge < -0.3 is 9.88 Å². The van der Waals surface area contributed by atoms with Crippen LogP contribution in [0.1, 0.15) is 6.92 Å². The Morgan fingerprint density at radius 1 is 1.21 bits per heavy atom. The van der Waals surface area contributed by atoms with Crippen LogP contribution in [-0.4, -0.2) is 27.5 Å². The Labute approximate surface area is 150 Å². The van der Waals surface area contributed by atoms with Gasteiger partial charge in [-0.3, -0.25) is 4.79 Å². The molecule has 1 heterocycles. The molecule has 0 atom stereocenters. The van der Waals surface area contributed by atoms with Gasteiger partial charge in [0.1, 0.15) is 0 Å². The Morgan fingerprint density at radius 2 is 2.04 bits per heavy atom. The van der Waals surface area contributed by atoms with Crippen molar-refractivity contribution in [2.24, 2.45) is 0 Å². The number of thioether (sulfide) groups is 2. The average Bonchev–Trinajstić information content (AvgIpc) is 2.97. The number of aryl methyl sites for hydroxylation is 1. The number of rotatable bonds is 6. The SMILES string of the molecule is CCn1c(SCC(=O)Nc2cccc(SC)c2)nc2ccccc21. The van der Waals surface area contributed by atoms with Crippen LogP contribution in [0.4, 0.5) is 5.69 Å². The van der Waals surface area contributed by atoms with E-state index in [9.17, 15) is 4.79 Å². The van der Waals surface area contributed by atoms with E-state index in [2.05, 4.69) is 27.9 Å². The van der Waals surface area contributed by atoms with Gasteiger partial charge in [-0.25, -0.2) is 4.98 Å². The maximum absolute atomic E-state index is 12.2. The van der Waals surface area contributed by atoms with E-state index in [1.807, 2.05) is 48.7 Å². The lowest BCUT2D eigenvalue weighted by Crippen LogP contribution is -2.14. The standard InChI is InChI=1S/C18H19N3OS2/c1-3-21-16-10-5-4-9-15(16)20-18(21)24-12-17(22)19-13-7-6-8-14(11-13)23-2/h4-11H,3,12H2,1-2H3,(H,19,22). The molecule has 2 aromatic carbocycles. The molecular weight excluding hydrogens is 338 g/mol. The van der Waals surface area contributed by atoms with Gasteiger partial charge in [0.2, 0.25) is 5.91 Å². The van der Waals surface area contributed by atoms with Crippen LogP contribution >= 0.6 is 23.5 Å². The zero-order chi connectivity index (χ0) is 16.9. The van der Waals surface area contributed by atoms with E-state index >= 15 is 0 Å². The molecule has 0 saturated carbocycles. The maximum Gasteiger partial charge on any atom is 0.234 e. The Kier molecular flexibility index (Phi) is 5.48. The summed E-state index contributed by atoms with van der Waals surface area (Å²) in [6.07, 6.45) is 2.02. The van der Waals surface area contributed by atoms with Crippen LogP contribution in [0.5, 0.6) is 0 Å². The first-order chi connectivity index (χ1) is 11.7. The summed E-state index contributed by atoms with van der Waals surface area (Å²) >= 11 is 3.13. The second-order valence-electron chi connectivity index (χ2n) is 5.20. The highest BCUT2D eigenvalue weighted by Gasteiger charge is 2.12. The first-order valence-corrected chi connectivity index (χ1v) is 9.94. The Morgan fingerprint density at radius 3 is 2.83 bits per heavy atom. The fraction of sp³-hybridized carbons (Fsp3) is 0.222. The van der Waals surface area contributed by atoms with E-state index in [0.29, 0.717) is 5.75 Å². The minimum atomic E-state index is -0.0204. The number of imidazole rings is 1. The highest BCUT2D eigenvalue weighted by molar-refractivity contribution is 7.99. The highest BCUT2D eigenvalue weighted by atomic mass is 32.2. The molecule has 6 heteroatoms. The number of hydrogen-bond acceptors (Lipinski definition) is 4. The number of aromatic nitrogens is 2. The van der Waals surface area contributed by atoms with E-state index in [4.69, 9.17) is 0 Å². The number of fused-ring (bicyclic) bond motifs is 1. The summed E-state index contributed by atoms with van der Waals surface area (Å²) in [5.74, 6) is 0.320. The van der Waals surface area contributed by atoms with Crippen molar-refractivity contribution in [1.82, 2.24) is 9.55 Å². The summed E-state index contributed by atoms with van der Waals surface area (Å²) in [7, 11) is 0. The molecule has 1 N–H and O–H groups in total. The normalized spacial score (nSPS) is 10.9. The van der Waals surface area contributed by atoms with Crippen LogP contribution < -0.4 is 5.32 Å². The third-order valence-corrected chi connectivity index (χ3v) is 5.32. The van der Waals surface area contributed by atoms with Crippen molar-refractivity contribution in [2.45, 2.75) is 23.5 Å². The van der Waals surface area contributed by atoms with Crippen molar-refractivity contribution >= 4 is 46.2 Å². The monoisotopic (exact) mass is 357 g/mol. The van der Waals surface area contributed by atoms with Crippen molar-refractivity contribution in [3.63, 3.8) is 0 Å². The van der Waals surface area contributed by atoms with Gasteiger partial charge in [-0.2, -0.15) is 0 Å². The van der Waals surface area contributed by atoms with Crippen molar-refractivity contribution < 1.29 is 4.79 Å². The predicted octanol–water partition coefficient (Wildman–Crippen LogP) is 4.51. The molecule has 0 saturated heterocycles. The quantitative estimate of drug-likeness (QED) is 0.660. The van der Waals surface area contributed by atoms with Gasteiger partial charge in [0, 0.05) is 17.1 Å². The number of amides is 1. The highest BCUT2D eigenvalue weighted by Crippen LogP contribution is 2.24. The number of hydrogen-bond donors (Lipinski definition) is 1. The van der Waals surface area contributed by atoms with E-state index < -0.39 is 0 Å². The molecular formula is C18H19N3OS2. The van der Waals surface area contributed by atoms with Crippen LogP contribution in [0.25, 0.3) is 11.0 Å². The fourth-order valence-electron chi connectivity index (χ4n) is 2.50. The minimum absolute atomic E-state index is 0.0204. The zero-order valence-electron chi connectivity index (χ0n) is 13.7. The molecule has 124 valence electrons. The molecule has 0 radical (unpaired) electrons. The molecule has 3 aromatic rings. The van der Waals surface area contributed by atoms with Gasteiger partial charge in [-0.05, 0) is 43.5 Å². The van der Waals surface area contributed by atoms with Crippen molar-refractivity contribution in [1.29, 1.82) is 0 Å². The number of carbonyl (C=O) groups excluding carboxylic acids is 1. The van der Waals surface area contributed by atoms with E-state index in [1.165, 1.54) is 11.8 Å². The van der Waals surface area contributed by atoms with Crippen LogP contribution in [0, 0.1) is 0 Å². The molecule has 3 rings (SSSR count). The van der Waals surface area contributed by atoms with Gasteiger partial charge in [0.25, 0.3) is 0 Å². The minimum Gasteiger partial charge on any atom is -0.325 e. The summed E-state index contributed by atoms with van der Waals surface area (Å²) in [5.41, 5.74) is 2.90. The molecule has 0 aliphatic rings. The molecule has 4 nitrogen and oxygen atoms in total. The number of para-hydroxylation sites is 2. The topological polar surface area (TPSA) is 46.9 Å². The van der Waals surface area contributed by atoms with E-state index in [-0.39, 0.29) is 5.91 Å². The molecule has 0 aliphatic heterocycles. The Balaban J connectivity index is 1.68. The van der Waals surface area contributed by atoms with Crippen LogP contribution in [0.15, 0.2) is 58.6 Å². The van der Waals surface area contributed by atoms with Crippen molar-refractivity contribution in [3.8, 4) is 0 Å². The van der Waals surface area contributed by atoms with Crippen LogP contribution in [0.3, 0.4) is 0 Å². The number of anilines is 1. The number of benzene rings is 2. The fourth-order valence-corrected chi connectivity index (χ4v) is 3.84. The van der Waals surface area contributed by atoms with Gasteiger partial charge in [0.15, 0.2) is 5.16 Å². The first-order valence-electron chi connectivity index (χ1n) is 7.73. The lowest BCUT2D eigenvalue weighted by atomic mass is 10.3. The smallest absolute Gasteiger partial charge is 0.234 e. The van der Waals surface area contributed by atoms with Crippen molar-refractivity contribution in [2.75, 3.05) is 17.3 Å². The van der Waals surface area contributed by atoms with Crippen LogP contribution in [-0.2, 0) is 11.3 Å². The lowest BCUT2D eigenvalue weighted by molar-refractivity contribution is -0.113. The summed E-state index contributed by atoms with van der Waals surface area (Å²) in [5, 5.41) is 3.83. The van der Waals surface area contributed by atoms with Gasteiger partial charge >= 0.3 is 0 Å². The molecule has 0 fully saturated rings. The molecule has 0 bridgehead atoms. The first kappa shape index (κ1) is 16.9. The van der Waals surface area contributed by atoms with Crippen molar-refractivity contribution in [3.05, 3.63) is 48.5 Å².